The maximum atomic E-state index is 13.7. The molecule has 2 heterocycles. The summed E-state index contributed by atoms with van der Waals surface area (Å²) in [4.78, 5) is 28.0. The van der Waals surface area contributed by atoms with E-state index in [1.165, 1.54) is 37.7 Å². The largest absolute Gasteiger partial charge is 0.454 e. The number of anilines is 2. The summed E-state index contributed by atoms with van der Waals surface area (Å²) in [6.45, 7) is 0.550. The van der Waals surface area contributed by atoms with Gasteiger partial charge in [-0.1, -0.05) is 54.7 Å². The van der Waals surface area contributed by atoms with Crippen LogP contribution >= 0.6 is 0 Å². The molecule has 0 saturated heterocycles. The molecule has 0 unspecified atom stereocenters. The van der Waals surface area contributed by atoms with Crippen molar-refractivity contribution < 1.29 is 19.1 Å². The van der Waals surface area contributed by atoms with Crippen molar-refractivity contribution in [2.24, 2.45) is 0 Å². The summed E-state index contributed by atoms with van der Waals surface area (Å²) in [6, 6.07) is 21.2. The molecule has 10 heteroatoms. The summed E-state index contributed by atoms with van der Waals surface area (Å²) >= 11 is 0. The standard InChI is InChI=1S/C30H30N6O4/c37-28(17-21-8-15-26-27(16-21)40-19-39-26)36(25-13-11-23(12-14-25)22-4-2-1-3-5-22)18-20-6-9-24(10-7-20)29(38)31-30-32-34-35-33-30/h6-16,22H,1-5,17-19H2,(H2,31,32,33,34,35,38). The summed E-state index contributed by atoms with van der Waals surface area (Å²) in [5, 5.41) is 15.8. The Bertz CT molecular complexity index is 1470. The van der Waals surface area contributed by atoms with Gasteiger partial charge in [-0.2, -0.15) is 5.21 Å². The number of benzene rings is 3. The Morgan fingerprint density at radius 3 is 2.40 bits per heavy atom. The number of aromatic amines is 1. The van der Waals surface area contributed by atoms with E-state index in [0.29, 0.717) is 29.5 Å². The molecule has 0 spiro atoms. The monoisotopic (exact) mass is 538 g/mol. The Morgan fingerprint density at radius 1 is 0.900 bits per heavy atom. The van der Waals surface area contributed by atoms with Crippen molar-refractivity contribution in [1.29, 1.82) is 0 Å². The van der Waals surface area contributed by atoms with Crippen molar-refractivity contribution in [3.05, 3.63) is 89.0 Å². The van der Waals surface area contributed by atoms with Gasteiger partial charge >= 0.3 is 0 Å². The van der Waals surface area contributed by atoms with E-state index in [0.717, 1.165) is 16.8 Å². The number of amides is 2. The predicted octanol–water partition coefficient (Wildman–Crippen LogP) is 5.00. The third-order valence-corrected chi connectivity index (χ3v) is 7.50. The summed E-state index contributed by atoms with van der Waals surface area (Å²) in [5.74, 6) is 1.65. The highest BCUT2D eigenvalue weighted by molar-refractivity contribution is 6.03. The molecule has 1 aliphatic carbocycles. The Balaban J connectivity index is 1.21. The number of H-pyrrole nitrogens is 1. The third-order valence-electron chi connectivity index (χ3n) is 7.50. The molecule has 0 bridgehead atoms. The summed E-state index contributed by atoms with van der Waals surface area (Å²) in [5.41, 5.74) is 4.37. The van der Waals surface area contributed by atoms with Gasteiger partial charge in [-0.25, -0.2) is 0 Å². The van der Waals surface area contributed by atoms with Gasteiger partial charge in [0.05, 0.1) is 13.0 Å². The molecule has 1 saturated carbocycles. The number of hydrogen-bond donors (Lipinski definition) is 2. The fourth-order valence-electron chi connectivity index (χ4n) is 5.34. The molecule has 40 heavy (non-hydrogen) atoms. The molecule has 1 aliphatic heterocycles. The smallest absolute Gasteiger partial charge is 0.270 e. The van der Waals surface area contributed by atoms with E-state index in [-0.39, 0.29) is 31.0 Å². The lowest BCUT2D eigenvalue weighted by molar-refractivity contribution is -0.118. The maximum Gasteiger partial charge on any atom is 0.270 e. The number of tetrazole rings is 1. The fraction of sp³-hybridized carbons (Fsp3) is 0.300. The lowest BCUT2D eigenvalue weighted by atomic mass is 9.84. The first kappa shape index (κ1) is 25.5. The summed E-state index contributed by atoms with van der Waals surface area (Å²) in [6.07, 6.45) is 6.52. The van der Waals surface area contributed by atoms with Gasteiger partial charge < -0.3 is 14.4 Å². The summed E-state index contributed by atoms with van der Waals surface area (Å²) in [7, 11) is 0. The SMILES string of the molecule is O=C(Nc1nn[nH]n1)c1ccc(CN(C(=O)Cc2ccc3c(c2)OCO3)c2ccc(C3CCCCC3)cc2)cc1. The third kappa shape index (κ3) is 5.80. The zero-order valence-corrected chi connectivity index (χ0v) is 22.0. The van der Waals surface area contributed by atoms with Crippen LogP contribution in [0.25, 0.3) is 0 Å². The van der Waals surface area contributed by atoms with Crippen molar-refractivity contribution >= 4 is 23.5 Å². The Hall–Kier alpha value is -4.73. The Labute approximate surface area is 231 Å². The van der Waals surface area contributed by atoms with Gasteiger partial charge in [0.25, 0.3) is 11.9 Å². The van der Waals surface area contributed by atoms with Gasteiger partial charge in [-0.15, -0.1) is 5.10 Å². The number of carbonyl (C=O) groups excluding carboxylic acids is 2. The highest BCUT2D eigenvalue weighted by atomic mass is 16.7. The van der Waals surface area contributed by atoms with E-state index in [1.54, 1.807) is 17.0 Å². The fourth-order valence-corrected chi connectivity index (χ4v) is 5.34. The zero-order chi connectivity index (χ0) is 27.3. The Kier molecular flexibility index (Phi) is 7.39. The highest BCUT2D eigenvalue weighted by Crippen LogP contribution is 2.35. The summed E-state index contributed by atoms with van der Waals surface area (Å²) < 4.78 is 10.9. The number of hydrogen-bond acceptors (Lipinski definition) is 7. The lowest BCUT2D eigenvalue weighted by Gasteiger charge is -2.25. The van der Waals surface area contributed by atoms with Gasteiger partial charge in [0.15, 0.2) is 11.5 Å². The van der Waals surface area contributed by atoms with Gasteiger partial charge in [-0.05, 0) is 77.1 Å². The molecule has 4 aromatic rings. The Morgan fingerprint density at radius 2 is 1.65 bits per heavy atom. The van der Waals surface area contributed by atoms with Crippen LogP contribution in [0.15, 0.2) is 66.7 Å². The second-order valence-corrected chi connectivity index (χ2v) is 10.2. The van der Waals surface area contributed by atoms with Crippen LogP contribution in [-0.4, -0.2) is 39.2 Å². The number of fused-ring (bicyclic) bond motifs is 1. The molecule has 1 fully saturated rings. The van der Waals surface area contributed by atoms with Crippen molar-refractivity contribution in [1.82, 2.24) is 20.6 Å². The van der Waals surface area contributed by atoms with Crippen LogP contribution in [0.4, 0.5) is 11.6 Å². The minimum atomic E-state index is -0.345. The highest BCUT2D eigenvalue weighted by Gasteiger charge is 2.21. The van der Waals surface area contributed by atoms with Gasteiger partial charge in [0.2, 0.25) is 12.7 Å². The minimum absolute atomic E-state index is 0.0387. The molecular formula is C30H30N6O4. The van der Waals surface area contributed by atoms with Crippen molar-refractivity contribution in [3.63, 3.8) is 0 Å². The maximum absolute atomic E-state index is 13.7. The van der Waals surface area contributed by atoms with Crippen LogP contribution in [0.5, 0.6) is 11.5 Å². The first-order chi connectivity index (χ1) is 19.6. The van der Waals surface area contributed by atoms with Gasteiger partial charge in [0.1, 0.15) is 0 Å². The average molecular weight is 539 g/mol. The second kappa shape index (κ2) is 11.6. The topological polar surface area (TPSA) is 122 Å². The zero-order valence-electron chi connectivity index (χ0n) is 22.0. The van der Waals surface area contributed by atoms with Crippen molar-refractivity contribution in [2.45, 2.75) is 51.0 Å². The average Bonchev–Trinajstić information content (AvgIpc) is 3.69. The van der Waals surface area contributed by atoms with Gasteiger partial charge in [0, 0.05) is 11.3 Å². The van der Waals surface area contributed by atoms with Crippen molar-refractivity contribution in [2.75, 3.05) is 17.0 Å². The molecule has 6 rings (SSSR count). The predicted molar refractivity (Wildman–Crippen MR) is 148 cm³/mol. The molecule has 2 N–H and O–H groups in total. The van der Waals surface area contributed by atoms with Crippen LogP contribution in [0, 0.1) is 0 Å². The molecule has 2 aliphatic rings. The molecule has 2 amide bonds. The number of carbonyl (C=O) groups is 2. The second-order valence-electron chi connectivity index (χ2n) is 10.2. The number of aromatic nitrogens is 4. The molecule has 0 radical (unpaired) electrons. The molecule has 3 aromatic carbocycles. The first-order valence-electron chi connectivity index (χ1n) is 13.5. The molecule has 0 atom stereocenters. The molecule has 204 valence electrons. The normalized spacial score (nSPS) is 14.6. The quantitative estimate of drug-likeness (QED) is 0.324. The van der Waals surface area contributed by atoms with E-state index in [2.05, 4.69) is 38.1 Å². The van der Waals surface area contributed by atoms with Crippen LogP contribution < -0.4 is 19.7 Å². The number of nitrogens with one attached hydrogen (secondary N) is 2. The van der Waals surface area contributed by atoms with E-state index in [1.807, 2.05) is 42.5 Å². The van der Waals surface area contributed by atoms with Crippen LogP contribution in [0.3, 0.4) is 0 Å². The van der Waals surface area contributed by atoms with Crippen molar-refractivity contribution in [3.8, 4) is 11.5 Å². The lowest BCUT2D eigenvalue weighted by Crippen LogP contribution is -2.31. The van der Waals surface area contributed by atoms with Gasteiger partial charge in [-0.3, -0.25) is 14.9 Å². The molecule has 1 aromatic heterocycles. The van der Waals surface area contributed by atoms with Crippen LogP contribution in [0.1, 0.15) is 65.1 Å². The number of ether oxygens (including phenoxy) is 2. The minimum Gasteiger partial charge on any atom is -0.454 e. The number of nitrogens with zero attached hydrogens (tertiary/aromatic N) is 4. The van der Waals surface area contributed by atoms with E-state index in [4.69, 9.17) is 9.47 Å². The first-order valence-corrected chi connectivity index (χ1v) is 13.5. The number of rotatable bonds is 8. The van der Waals surface area contributed by atoms with Crippen LogP contribution in [0.2, 0.25) is 0 Å². The molecular weight excluding hydrogens is 508 g/mol. The van der Waals surface area contributed by atoms with Crippen LogP contribution in [-0.2, 0) is 17.8 Å². The van der Waals surface area contributed by atoms with E-state index in [9.17, 15) is 9.59 Å². The molecule has 10 nitrogen and oxygen atoms in total. The van der Waals surface area contributed by atoms with E-state index >= 15 is 0 Å². The van der Waals surface area contributed by atoms with E-state index < -0.39 is 0 Å².